The number of anilines is 1. The molecule has 2 rings (SSSR count). The molecular formula is C14H21N3O3. The predicted molar refractivity (Wildman–Crippen MR) is 77.1 cm³/mol. The van der Waals surface area contributed by atoms with E-state index in [1.165, 1.54) is 18.9 Å². The van der Waals surface area contributed by atoms with Crippen LogP contribution < -0.4 is 11.3 Å². The molecule has 0 aliphatic heterocycles. The Balaban J connectivity index is 1.96. The van der Waals surface area contributed by atoms with Crippen molar-refractivity contribution in [2.75, 3.05) is 5.43 Å². The van der Waals surface area contributed by atoms with E-state index in [2.05, 4.69) is 12.3 Å². The molecule has 110 valence electrons. The summed E-state index contributed by atoms with van der Waals surface area (Å²) in [6.07, 6.45) is 4.82. The van der Waals surface area contributed by atoms with Gasteiger partial charge in [0, 0.05) is 6.07 Å². The number of hydrazine groups is 1. The fourth-order valence-electron chi connectivity index (χ4n) is 2.55. The van der Waals surface area contributed by atoms with Gasteiger partial charge in [-0.3, -0.25) is 16.0 Å². The van der Waals surface area contributed by atoms with Crippen molar-refractivity contribution in [3.8, 4) is 0 Å². The van der Waals surface area contributed by atoms with Crippen molar-refractivity contribution < 1.29 is 9.66 Å². The molecular weight excluding hydrogens is 258 g/mol. The first kappa shape index (κ1) is 14.7. The number of hydrogen-bond donors (Lipinski definition) is 2. The summed E-state index contributed by atoms with van der Waals surface area (Å²) in [5.41, 5.74) is 3.42. The number of nitro benzene ring substituents is 1. The average molecular weight is 279 g/mol. The maximum atomic E-state index is 10.9. The van der Waals surface area contributed by atoms with E-state index in [0.717, 1.165) is 24.3 Å². The topological polar surface area (TPSA) is 90.4 Å². The maximum Gasteiger partial charge on any atom is 0.294 e. The largest absolute Gasteiger partial charge is 0.374 e. The normalized spacial score (nSPS) is 22.5. The van der Waals surface area contributed by atoms with Gasteiger partial charge in [0.15, 0.2) is 0 Å². The van der Waals surface area contributed by atoms with E-state index in [-0.39, 0.29) is 11.8 Å². The molecule has 1 aliphatic carbocycles. The van der Waals surface area contributed by atoms with Crippen LogP contribution >= 0.6 is 0 Å². The highest BCUT2D eigenvalue weighted by atomic mass is 16.6. The van der Waals surface area contributed by atoms with E-state index in [0.29, 0.717) is 12.3 Å². The monoisotopic (exact) mass is 279 g/mol. The SMILES string of the molecule is CC1CCC(OCc2ccc(NN)c([N+](=O)[O-])c2)CC1. The van der Waals surface area contributed by atoms with Gasteiger partial charge in [-0.05, 0) is 43.2 Å². The van der Waals surface area contributed by atoms with Crippen LogP contribution in [0.2, 0.25) is 0 Å². The summed E-state index contributed by atoms with van der Waals surface area (Å²) in [6, 6.07) is 4.92. The molecule has 20 heavy (non-hydrogen) atoms. The van der Waals surface area contributed by atoms with E-state index in [9.17, 15) is 10.1 Å². The van der Waals surface area contributed by atoms with Crippen LogP contribution in [0.15, 0.2) is 18.2 Å². The van der Waals surface area contributed by atoms with Crippen LogP contribution in [0.4, 0.5) is 11.4 Å². The summed E-state index contributed by atoms with van der Waals surface area (Å²) < 4.78 is 5.85. The van der Waals surface area contributed by atoms with E-state index >= 15 is 0 Å². The van der Waals surface area contributed by atoms with Gasteiger partial charge in [-0.25, -0.2) is 0 Å². The van der Waals surface area contributed by atoms with Crippen molar-refractivity contribution in [1.29, 1.82) is 0 Å². The number of nitro groups is 1. The van der Waals surface area contributed by atoms with Crippen LogP contribution in [0.5, 0.6) is 0 Å². The first-order valence-electron chi connectivity index (χ1n) is 6.95. The summed E-state index contributed by atoms with van der Waals surface area (Å²) in [6.45, 7) is 2.67. The molecule has 0 radical (unpaired) electrons. The smallest absolute Gasteiger partial charge is 0.294 e. The minimum absolute atomic E-state index is 0.0223. The highest BCUT2D eigenvalue weighted by Gasteiger charge is 2.19. The molecule has 0 spiro atoms. The summed E-state index contributed by atoms with van der Waals surface area (Å²) in [7, 11) is 0. The predicted octanol–water partition coefficient (Wildman–Crippen LogP) is 2.98. The van der Waals surface area contributed by atoms with Crippen LogP contribution in [0.3, 0.4) is 0 Å². The molecule has 0 aromatic heterocycles. The van der Waals surface area contributed by atoms with E-state index in [1.54, 1.807) is 12.1 Å². The van der Waals surface area contributed by atoms with Gasteiger partial charge >= 0.3 is 0 Å². The number of hydrogen-bond acceptors (Lipinski definition) is 5. The molecule has 3 N–H and O–H groups in total. The molecule has 1 aromatic carbocycles. The summed E-state index contributed by atoms with van der Waals surface area (Å²) in [4.78, 5) is 10.5. The fraction of sp³-hybridized carbons (Fsp3) is 0.571. The molecule has 0 unspecified atom stereocenters. The molecule has 0 saturated heterocycles. The Hall–Kier alpha value is -1.66. The fourth-order valence-corrected chi connectivity index (χ4v) is 2.55. The van der Waals surface area contributed by atoms with Gasteiger partial charge in [0.1, 0.15) is 5.69 Å². The van der Waals surface area contributed by atoms with Crippen LogP contribution in [-0.2, 0) is 11.3 Å². The van der Waals surface area contributed by atoms with Crippen molar-refractivity contribution in [1.82, 2.24) is 0 Å². The Bertz CT molecular complexity index is 471. The Morgan fingerprint density at radius 3 is 2.70 bits per heavy atom. The lowest BCUT2D eigenvalue weighted by Gasteiger charge is -2.26. The Morgan fingerprint density at radius 1 is 1.40 bits per heavy atom. The number of nitrogens with two attached hydrogens (primary N) is 1. The number of nitrogen functional groups attached to an aromatic ring is 1. The lowest BCUT2D eigenvalue weighted by Crippen LogP contribution is -2.20. The second-order valence-corrected chi connectivity index (χ2v) is 5.45. The molecule has 0 bridgehead atoms. The van der Waals surface area contributed by atoms with Crippen molar-refractivity contribution >= 4 is 11.4 Å². The van der Waals surface area contributed by atoms with Gasteiger partial charge in [0.25, 0.3) is 5.69 Å². The number of ether oxygens (including phenoxy) is 1. The van der Waals surface area contributed by atoms with Crippen LogP contribution in [0.25, 0.3) is 0 Å². The quantitative estimate of drug-likeness (QED) is 0.491. The first-order chi connectivity index (χ1) is 9.60. The molecule has 6 nitrogen and oxygen atoms in total. The third-order valence-corrected chi connectivity index (χ3v) is 3.86. The van der Waals surface area contributed by atoms with Crippen LogP contribution in [0.1, 0.15) is 38.2 Å². The minimum Gasteiger partial charge on any atom is -0.374 e. The van der Waals surface area contributed by atoms with Crippen LogP contribution in [-0.4, -0.2) is 11.0 Å². The van der Waals surface area contributed by atoms with E-state index in [4.69, 9.17) is 10.6 Å². The van der Waals surface area contributed by atoms with E-state index < -0.39 is 4.92 Å². The standard InChI is InChI=1S/C14H21N3O3/c1-10-2-5-12(6-3-10)20-9-11-4-7-13(16-15)14(8-11)17(18)19/h4,7-8,10,12,16H,2-3,5-6,9,15H2,1H3. The van der Waals surface area contributed by atoms with Gasteiger partial charge < -0.3 is 10.2 Å². The highest BCUT2D eigenvalue weighted by molar-refractivity contribution is 5.61. The molecule has 1 aromatic rings. The van der Waals surface area contributed by atoms with E-state index in [1.807, 2.05) is 0 Å². The van der Waals surface area contributed by atoms with Gasteiger partial charge in [0.2, 0.25) is 0 Å². The van der Waals surface area contributed by atoms with Crippen LogP contribution in [0, 0.1) is 16.0 Å². The molecule has 6 heteroatoms. The Kier molecular flexibility index (Phi) is 4.92. The van der Waals surface area contributed by atoms with Crippen molar-refractivity contribution in [2.24, 2.45) is 11.8 Å². The lowest BCUT2D eigenvalue weighted by molar-refractivity contribution is -0.384. The summed E-state index contributed by atoms with van der Waals surface area (Å²) >= 11 is 0. The summed E-state index contributed by atoms with van der Waals surface area (Å²) in [5, 5.41) is 10.9. The second-order valence-electron chi connectivity index (χ2n) is 5.45. The zero-order valence-electron chi connectivity index (χ0n) is 11.7. The van der Waals surface area contributed by atoms with Crippen molar-refractivity contribution in [2.45, 2.75) is 45.3 Å². The second kappa shape index (κ2) is 6.67. The van der Waals surface area contributed by atoms with Gasteiger partial charge in [-0.2, -0.15) is 0 Å². The zero-order valence-corrected chi connectivity index (χ0v) is 11.7. The Morgan fingerprint density at radius 2 is 2.10 bits per heavy atom. The average Bonchev–Trinajstić information content (AvgIpc) is 2.46. The first-order valence-corrected chi connectivity index (χ1v) is 6.95. The van der Waals surface area contributed by atoms with Gasteiger partial charge in [0.05, 0.1) is 17.6 Å². The maximum absolute atomic E-state index is 10.9. The third kappa shape index (κ3) is 3.68. The number of nitrogens with zero attached hydrogens (tertiary/aromatic N) is 1. The molecule has 0 heterocycles. The Labute approximate surface area is 118 Å². The number of nitrogens with one attached hydrogen (secondary N) is 1. The molecule has 1 fully saturated rings. The van der Waals surface area contributed by atoms with Gasteiger partial charge in [-0.1, -0.05) is 13.0 Å². The molecule has 0 amide bonds. The lowest BCUT2D eigenvalue weighted by atomic mass is 9.89. The van der Waals surface area contributed by atoms with Gasteiger partial charge in [-0.15, -0.1) is 0 Å². The minimum atomic E-state index is -0.443. The van der Waals surface area contributed by atoms with Crippen molar-refractivity contribution in [3.05, 3.63) is 33.9 Å². The molecule has 0 atom stereocenters. The van der Waals surface area contributed by atoms with Crippen molar-refractivity contribution in [3.63, 3.8) is 0 Å². The highest BCUT2D eigenvalue weighted by Crippen LogP contribution is 2.28. The molecule has 1 saturated carbocycles. The third-order valence-electron chi connectivity index (χ3n) is 3.86. The zero-order chi connectivity index (χ0) is 14.5. The number of benzene rings is 1. The molecule has 1 aliphatic rings. The summed E-state index contributed by atoms with van der Waals surface area (Å²) in [5.74, 6) is 6.04. The number of rotatable bonds is 5.